The molecule has 1 aliphatic heterocycles. The summed E-state index contributed by atoms with van der Waals surface area (Å²) in [5.74, 6) is 4.23. The molecule has 0 aromatic carbocycles. The minimum absolute atomic E-state index is 0. The van der Waals surface area contributed by atoms with Crippen molar-refractivity contribution in [3.8, 4) is 0 Å². The quantitative estimate of drug-likeness (QED) is 0.808. The molecular weight excluding hydrogens is 272 g/mol. The van der Waals surface area contributed by atoms with Crippen molar-refractivity contribution in [2.24, 2.45) is 35.3 Å². The molecule has 4 saturated carbocycles. The van der Waals surface area contributed by atoms with Crippen molar-refractivity contribution in [2.45, 2.75) is 51.0 Å². The summed E-state index contributed by atoms with van der Waals surface area (Å²) in [6, 6.07) is 0.322. The third kappa shape index (κ3) is 2.37. The van der Waals surface area contributed by atoms with Gasteiger partial charge in [0.05, 0.1) is 0 Å². The Morgan fingerprint density at radius 1 is 0.900 bits per heavy atom. The molecule has 5 rings (SSSR count). The first-order chi connectivity index (χ1) is 9.20. The van der Waals surface area contributed by atoms with Crippen LogP contribution in [0.5, 0.6) is 0 Å². The van der Waals surface area contributed by atoms with Gasteiger partial charge in [-0.3, -0.25) is 4.79 Å². The molecule has 0 aromatic heterocycles. The minimum Gasteiger partial charge on any atom is -0.342 e. The molecule has 5 aliphatic rings. The van der Waals surface area contributed by atoms with E-state index in [-0.39, 0.29) is 12.4 Å². The first kappa shape index (κ1) is 14.6. The molecule has 0 atom stereocenters. The van der Waals surface area contributed by atoms with Gasteiger partial charge >= 0.3 is 0 Å². The molecule has 0 aromatic rings. The minimum atomic E-state index is 0. The van der Waals surface area contributed by atoms with E-state index in [0.717, 1.165) is 49.6 Å². The zero-order chi connectivity index (χ0) is 13.0. The van der Waals surface area contributed by atoms with E-state index in [4.69, 9.17) is 5.73 Å². The predicted molar refractivity (Wildman–Crippen MR) is 81.6 cm³/mol. The average molecular weight is 299 g/mol. The topological polar surface area (TPSA) is 46.3 Å². The van der Waals surface area contributed by atoms with Crippen molar-refractivity contribution < 1.29 is 4.79 Å². The van der Waals surface area contributed by atoms with E-state index in [1.165, 1.54) is 32.1 Å². The molecule has 5 fully saturated rings. The highest BCUT2D eigenvalue weighted by molar-refractivity contribution is 5.85. The SMILES string of the molecule is Cl.NC1CCN(C(=O)C2C3CC4CC(C3)CC2C4)CC1. The van der Waals surface area contributed by atoms with Crippen LogP contribution in [0.1, 0.15) is 44.9 Å². The van der Waals surface area contributed by atoms with E-state index in [2.05, 4.69) is 4.90 Å². The van der Waals surface area contributed by atoms with Gasteiger partial charge < -0.3 is 10.6 Å². The van der Waals surface area contributed by atoms with Gasteiger partial charge in [0.25, 0.3) is 0 Å². The van der Waals surface area contributed by atoms with Crippen molar-refractivity contribution in [1.82, 2.24) is 4.90 Å². The summed E-state index contributed by atoms with van der Waals surface area (Å²) >= 11 is 0. The summed E-state index contributed by atoms with van der Waals surface area (Å²) in [6.45, 7) is 1.81. The number of rotatable bonds is 1. The molecule has 0 spiro atoms. The number of amides is 1. The van der Waals surface area contributed by atoms with Crippen LogP contribution in [0.4, 0.5) is 0 Å². The maximum Gasteiger partial charge on any atom is 0.226 e. The van der Waals surface area contributed by atoms with E-state index in [9.17, 15) is 4.79 Å². The van der Waals surface area contributed by atoms with Crippen LogP contribution in [0.25, 0.3) is 0 Å². The smallest absolute Gasteiger partial charge is 0.226 e. The van der Waals surface area contributed by atoms with Crippen molar-refractivity contribution >= 4 is 18.3 Å². The molecule has 1 saturated heterocycles. The lowest BCUT2D eigenvalue weighted by atomic mass is 9.51. The van der Waals surface area contributed by atoms with Crippen LogP contribution in [0.15, 0.2) is 0 Å². The van der Waals surface area contributed by atoms with Crippen molar-refractivity contribution in [1.29, 1.82) is 0 Å². The highest BCUT2D eigenvalue weighted by atomic mass is 35.5. The molecule has 3 nitrogen and oxygen atoms in total. The summed E-state index contributed by atoms with van der Waals surface area (Å²) in [4.78, 5) is 15.0. The number of hydrogen-bond acceptors (Lipinski definition) is 2. The fraction of sp³-hybridized carbons (Fsp3) is 0.938. The van der Waals surface area contributed by atoms with Gasteiger partial charge in [-0.15, -0.1) is 12.4 Å². The number of likely N-dealkylation sites (tertiary alicyclic amines) is 1. The second kappa shape index (κ2) is 5.49. The van der Waals surface area contributed by atoms with Gasteiger partial charge in [-0.05, 0) is 68.6 Å². The van der Waals surface area contributed by atoms with Gasteiger partial charge in [0.1, 0.15) is 0 Å². The molecule has 1 amide bonds. The Morgan fingerprint density at radius 3 is 1.90 bits per heavy atom. The Morgan fingerprint density at radius 2 is 1.40 bits per heavy atom. The first-order valence-electron chi connectivity index (χ1n) is 8.25. The molecule has 2 N–H and O–H groups in total. The van der Waals surface area contributed by atoms with Gasteiger partial charge in [0, 0.05) is 25.0 Å². The fourth-order valence-electron chi connectivity index (χ4n) is 5.66. The molecule has 114 valence electrons. The van der Waals surface area contributed by atoms with E-state index < -0.39 is 0 Å². The largest absolute Gasteiger partial charge is 0.342 e. The predicted octanol–water partition coefficient (Wildman–Crippen LogP) is 2.43. The third-order valence-electron chi connectivity index (χ3n) is 6.36. The lowest BCUT2D eigenvalue weighted by molar-refractivity contribution is -0.150. The van der Waals surface area contributed by atoms with Crippen molar-refractivity contribution in [2.75, 3.05) is 13.1 Å². The summed E-state index contributed by atoms with van der Waals surface area (Å²) in [5, 5.41) is 0. The normalized spacial score (nSPS) is 43.5. The number of nitrogens with zero attached hydrogens (tertiary/aromatic N) is 1. The van der Waals surface area contributed by atoms with Crippen LogP contribution < -0.4 is 5.73 Å². The van der Waals surface area contributed by atoms with Crippen LogP contribution in [-0.4, -0.2) is 29.9 Å². The zero-order valence-corrected chi connectivity index (χ0v) is 13.0. The fourth-order valence-corrected chi connectivity index (χ4v) is 5.66. The highest BCUT2D eigenvalue weighted by Crippen LogP contribution is 2.56. The van der Waals surface area contributed by atoms with Crippen molar-refractivity contribution in [3.05, 3.63) is 0 Å². The monoisotopic (exact) mass is 298 g/mol. The van der Waals surface area contributed by atoms with Crippen molar-refractivity contribution in [3.63, 3.8) is 0 Å². The molecule has 20 heavy (non-hydrogen) atoms. The average Bonchev–Trinajstić information content (AvgIpc) is 2.38. The maximum absolute atomic E-state index is 12.9. The summed E-state index contributed by atoms with van der Waals surface area (Å²) in [5.41, 5.74) is 5.95. The van der Waals surface area contributed by atoms with Crippen LogP contribution in [0.3, 0.4) is 0 Å². The second-order valence-corrected chi connectivity index (χ2v) is 7.62. The van der Waals surface area contributed by atoms with Crippen LogP contribution in [0, 0.1) is 29.6 Å². The highest BCUT2D eigenvalue weighted by Gasteiger charge is 2.51. The zero-order valence-electron chi connectivity index (χ0n) is 12.2. The van der Waals surface area contributed by atoms with Gasteiger partial charge in [0.2, 0.25) is 5.91 Å². The molecule has 4 heteroatoms. The van der Waals surface area contributed by atoms with E-state index in [1.54, 1.807) is 0 Å². The van der Waals surface area contributed by atoms with Crippen LogP contribution >= 0.6 is 12.4 Å². The Hall–Kier alpha value is -0.280. The van der Waals surface area contributed by atoms with E-state index in [1.807, 2.05) is 0 Å². The number of piperidine rings is 1. The number of hydrogen-bond donors (Lipinski definition) is 1. The Kier molecular flexibility index (Phi) is 4.02. The van der Waals surface area contributed by atoms with E-state index >= 15 is 0 Å². The van der Waals surface area contributed by atoms with Gasteiger partial charge in [-0.25, -0.2) is 0 Å². The van der Waals surface area contributed by atoms with Crippen LogP contribution in [-0.2, 0) is 4.79 Å². The lowest BCUT2D eigenvalue weighted by Crippen LogP contribution is -2.53. The summed E-state index contributed by atoms with van der Waals surface area (Å²) < 4.78 is 0. The summed E-state index contributed by atoms with van der Waals surface area (Å²) in [6.07, 6.45) is 8.84. The Labute approximate surface area is 128 Å². The Balaban J connectivity index is 0.00000121. The number of halogens is 1. The third-order valence-corrected chi connectivity index (χ3v) is 6.36. The molecular formula is C16H27ClN2O. The second-order valence-electron chi connectivity index (χ2n) is 7.62. The lowest BCUT2D eigenvalue weighted by Gasteiger charge is -2.54. The molecule has 4 aliphatic carbocycles. The molecule has 0 radical (unpaired) electrons. The van der Waals surface area contributed by atoms with E-state index in [0.29, 0.717) is 17.9 Å². The van der Waals surface area contributed by atoms with Gasteiger partial charge in [-0.2, -0.15) is 0 Å². The number of carbonyl (C=O) groups is 1. The summed E-state index contributed by atoms with van der Waals surface area (Å²) in [7, 11) is 0. The van der Waals surface area contributed by atoms with Gasteiger partial charge in [0.15, 0.2) is 0 Å². The van der Waals surface area contributed by atoms with Gasteiger partial charge in [-0.1, -0.05) is 0 Å². The number of carbonyl (C=O) groups excluding carboxylic acids is 1. The Bertz CT molecular complexity index is 351. The molecule has 0 unspecified atom stereocenters. The number of nitrogens with two attached hydrogens (primary N) is 1. The molecule has 1 heterocycles. The molecule has 4 bridgehead atoms. The first-order valence-corrected chi connectivity index (χ1v) is 8.25. The van der Waals surface area contributed by atoms with Crippen LogP contribution in [0.2, 0.25) is 0 Å². The standard InChI is InChI=1S/C16H26N2O.ClH/c17-14-1-3-18(4-2-14)16(19)15-12-6-10-5-11(8-12)9-13(15)7-10;/h10-15H,1-9,17H2;1H. The maximum atomic E-state index is 12.9.